The molecule has 1 aliphatic rings. The molecule has 0 unspecified atom stereocenters. The van der Waals surface area contributed by atoms with E-state index in [1.54, 1.807) is 0 Å². The van der Waals surface area contributed by atoms with Crippen LogP contribution in [0.4, 0.5) is 0 Å². The molecule has 0 amide bonds. The number of aliphatic hydroxyl groups is 1. The predicted molar refractivity (Wildman–Crippen MR) is 70.8 cm³/mol. The van der Waals surface area contributed by atoms with Gasteiger partial charge in [0.05, 0.1) is 12.0 Å². The molecule has 0 aromatic rings. The van der Waals surface area contributed by atoms with Gasteiger partial charge in [0.2, 0.25) is 0 Å². The van der Waals surface area contributed by atoms with E-state index in [0.717, 1.165) is 32.1 Å². The molecule has 0 heterocycles. The average molecular weight is 238 g/mol. The van der Waals surface area contributed by atoms with Gasteiger partial charge >= 0.3 is 0 Å². The van der Waals surface area contributed by atoms with Crippen LogP contribution in [0.2, 0.25) is 0 Å². The van der Waals surface area contributed by atoms with Crippen LogP contribution in [0.25, 0.3) is 0 Å². The SMILES string of the molecule is C=C[C@@H](CCC(C)C)[C@]1(CO)CCCCC1=O. The van der Waals surface area contributed by atoms with Gasteiger partial charge in [0.15, 0.2) is 0 Å². The molecule has 0 spiro atoms. The number of ketones is 1. The predicted octanol–water partition coefficient (Wildman–Crippen LogP) is 3.35. The average Bonchev–Trinajstić information content (AvgIpc) is 2.31. The lowest BCUT2D eigenvalue weighted by atomic mass is 9.64. The molecule has 0 aromatic carbocycles. The molecule has 1 aliphatic carbocycles. The van der Waals surface area contributed by atoms with Crippen molar-refractivity contribution >= 4 is 5.78 Å². The Morgan fingerprint density at radius 2 is 2.12 bits per heavy atom. The van der Waals surface area contributed by atoms with Crippen LogP contribution in [-0.2, 0) is 4.79 Å². The minimum absolute atomic E-state index is 0.0133. The largest absolute Gasteiger partial charge is 0.395 e. The topological polar surface area (TPSA) is 37.3 Å². The second kappa shape index (κ2) is 6.34. The molecule has 2 nitrogen and oxygen atoms in total. The lowest BCUT2D eigenvalue weighted by Crippen LogP contribution is -2.43. The third-order valence-corrected chi connectivity index (χ3v) is 4.16. The van der Waals surface area contributed by atoms with E-state index >= 15 is 0 Å². The van der Waals surface area contributed by atoms with Gasteiger partial charge in [0.1, 0.15) is 5.78 Å². The zero-order chi connectivity index (χ0) is 12.9. The van der Waals surface area contributed by atoms with Crippen molar-refractivity contribution in [3.8, 4) is 0 Å². The summed E-state index contributed by atoms with van der Waals surface area (Å²) in [7, 11) is 0. The Labute approximate surface area is 105 Å². The molecule has 2 atom stereocenters. The lowest BCUT2D eigenvalue weighted by molar-refractivity contribution is -0.137. The molecule has 0 saturated heterocycles. The summed E-state index contributed by atoms with van der Waals surface area (Å²) >= 11 is 0. The molecular weight excluding hydrogens is 212 g/mol. The van der Waals surface area contributed by atoms with E-state index in [-0.39, 0.29) is 18.3 Å². The first kappa shape index (κ1) is 14.4. The van der Waals surface area contributed by atoms with Crippen LogP contribution in [0.5, 0.6) is 0 Å². The molecule has 0 aliphatic heterocycles. The molecule has 1 fully saturated rings. The second-order valence-electron chi connectivity index (χ2n) is 5.76. The van der Waals surface area contributed by atoms with Crippen LogP contribution in [0.3, 0.4) is 0 Å². The minimum Gasteiger partial charge on any atom is -0.395 e. The summed E-state index contributed by atoms with van der Waals surface area (Å²) in [4.78, 5) is 12.2. The molecule has 2 heteroatoms. The van der Waals surface area contributed by atoms with Crippen molar-refractivity contribution in [3.63, 3.8) is 0 Å². The minimum atomic E-state index is -0.519. The summed E-state index contributed by atoms with van der Waals surface area (Å²) in [6.07, 6.45) is 7.44. The van der Waals surface area contributed by atoms with E-state index in [4.69, 9.17) is 0 Å². The first-order valence-electron chi connectivity index (χ1n) is 6.83. The van der Waals surface area contributed by atoms with Gasteiger partial charge in [-0.1, -0.05) is 32.8 Å². The third-order valence-electron chi connectivity index (χ3n) is 4.16. The summed E-state index contributed by atoms with van der Waals surface area (Å²) in [5.41, 5.74) is -0.519. The monoisotopic (exact) mass is 238 g/mol. The molecule has 0 radical (unpaired) electrons. The number of allylic oxidation sites excluding steroid dienone is 1. The van der Waals surface area contributed by atoms with Crippen LogP contribution in [0.1, 0.15) is 52.4 Å². The number of Topliss-reactive ketones (excluding diaryl/α,β-unsaturated/α-hetero) is 1. The molecule has 1 rings (SSSR count). The number of aliphatic hydroxyl groups excluding tert-OH is 1. The van der Waals surface area contributed by atoms with Crippen LogP contribution in [0, 0.1) is 17.3 Å². The lowest BCUT2D eigenvalue weighted by Gasteiger charge is -2.40. The molecule has 17 heavy (non-hydrogen) atoms. The van der Waals surface area contributed by atoms with Gasteiger partial charge < -0.3 is 5.11 Å². The molecule has 0 bridgehead atoms. The van der Waals surface area contributed by atoms with Gasteiger partial charge in [0.25, 0.3) is 0 Å². The van der Waals surface area contributed by atoms with Crippen molar-refractivity contribution < 1.29 is 9.90 Å². The summed E-state index contributed by atoms with van der Waals surface area (Å²) in [6.45, 7) is 8.24. The van der Waals surface area contributed by atoms with Gasteiger partial charge in [-0.2, -0.15) is 0 Å². The maximum Gasteiger partial charge on any atom is 0.141 e. The van der Waals surface area contributed by atoms with Crippen LogP contribution in [-0.4, -0.2) is 17.5 Å². The highest BCUT2D eigenvalue weighted by atomic mass is 16.3. The van der Waals surface area contributed by atoms with Gasteiger partial charge in [-0.15, -0.1) is 6.58 Å². The van der Waals surface area contributed by atoms with E-state index < -0.39 is 5.41 Å². The van der Waals surface area contributed by atoms with Gasteiger partial charge in [0, 0.05) is 6.42 Å². The zero-order valence-corrected chi connectivity index (χ0v) is 11.2. The molecule has 98 valence electrons. The fourth-order valence-electron chi connectivity index (χ4n) is 2.92. The molecular formula is C15H26O2. The molecule has 1 saturated carbocycles. The number of hydrogen-bond acceptors (Lipinski definition) is 2. The molecule has 0 aromatic heterocycles. The Morgan fingerprint density at radius 1 is 1.41 bits per heavy atom. The van der Waals surface area contributed by atoms with E-state index in [1.807, 2.05) is 6.08 Å². The van der Waals surface area contributed by atoms with Crippen molar-refractivity contribution in [2.75, 3.05) is 6.61 Å². The highest BCUT2D eigenvalue weighted by molar-refractivity contribution is 5.86. The number of carbonyl (C=O) groups is 1. The van der Waals surface area contributed by atoms with Crippen molar-refractivity contribution in [2.45, 2.75) is 52.4 Å². The summed E-state index contributed by atoms with van der Waals surface area (Å²) in [5, 5.41) is 9.71. The van der Waals surface area contributed by atoms with Crippen molar-refractivity contribution in [1.29, 1.82) is 0 Å². The van der Waals surface area contributed by atoms with Crippen molar-refractivity contribution in [3.05, 3.63) is 12.7 Å². The van der Waals surface area contributed by atoms with Crippen molar-refractivity contribution in [2.24, 2.45) is 17.3 Å². The maximum absolute atomic E-state index is 12.2. The third kappa shape index (κ3) is 3.19. The number of rotatable bonds is 6. The fraction of sp³-hybridized carbons (Fsp3) is 0.800. The highest BCUT2D eigenvalue weighted by Gasteiger charge is 2.44. The number of hydrogen-bond donors (Lipinski definition) is 1. The number of carbonyl (C=O) groups excluding carboxylic acids is 1. The first-order valence-corrected chi connectivity index (χ1v) is 6.83. The van der Waals surface area contributed by atoms with Crippen LogP contribution < -0.4 is 0 Å². The van der Waals surface area contributed by atoms with E-state index in [9.17, 15) is 9.90 Å². The van der Waals surface area contributed by atoms with Crippen LogP contribution in [0.15, 0.2) is 12.7 Å². The summed E-state index contributed by atoms with van der Waals surface area (Å²) in [6, 6.07) is 0. The Bertz CT molecular complexity index is 270. The second-order valence-corrected chi connectivity index (χ2v) is 5.76. The quantitative estimate of drug-likeness (QED) is 0.721. The van der Waals surface area contributed by atoms with E-state index in [0.29, 0.717) is 12.3 Å². The Morgan fingerprint density at radius 3 is 2.59 bits per heavy atom. The van der Waals surface area contributed by atoms with Gasteiger partial charge in [-0.3, -0.25) is 4.79 Å². The Balaban J connectivity index is 2.80. The summed E-state index contributed by atoms with van der Waals surface area (Å²) in [5.74, 6) is 1.02. The zero-order valence-electron chi connectivity index (χ0n) is 11.2. The smallest absolute Gasteiger partial charge is 0.141 e. The fourth-order valence-corrected chi connectivity index (χ4v) is 2.92. The Hall–Kier alpha value is -0.630. The van der Waals surface area contributed by atoms with E-state index in [2.05, 4.69) is 20.4 Å². The van der Waals surface area contributed by atoms with Gasteiger partial charge in [-0.05, 0) is 31.1 Å². The Kier molecular flexibility index (Phi) is 5.38. The standard InChI is InChI=1S/C15H26O2/c1-4-13(9-8-12(2)3)15(11-16)10-6-5-7-14(15)17/h4,12-13,16H,1,5-11H2,2-3H3/t13-,15+/m0/s1. The highest BCUT2D eigenvalue weighted by Crippen LogP contribution is 2.42. The van der Waals surface area contributed by atoms with Crippen molar-refractivity contribution in [1.82, 2.24) is 0 Å². The van der Waals surface area contributed by atoms with E-state index in [1.165, 1.54) is 0 Å². The first-order chi connectivity index (χ1) is 8.06. The van der Waals surface area contributed by atoms with Crippen LogP contribution >= 0.6 is 0 Å². The normalized spacial score (nSPS) is 27.2. The van der Waals surface area contributed by atoms with Gasteiger partial charge in [-0.25, -0.2) is 0 Å². The maximum atomic E-state index is 12.2. The molecule has 1 N–H and O–H groups in total. The summed E-state index contributed by atoms with van der Waals surface area (Å²) < 4.78 is 0.